The summed E-state index contributed by atoms with van der Waals surface area (Å²) in [5.74, 6) is 0. The Hall–Kier alpha value is -1.38. The minimum Gasteiger partial charge on any atom is -0.305 e. The Labute approximate surface area is 109 Å². The minimum absolute atomic E-state index is 0. The van der Waals surface area contributed by atoms with Crippen molar-refractivity contribution < 1.29 is 0 Å². The lowest BCUT2D eigenvalue weighted by Crippen LogP contribution is -2.18. The molecule has 0 saturated heterocycles. The van der Waals surface area contributed by atoms with Gasteiger partial charge in [0.25, 0.3) is 0 Å². The molecule has 1 aromatic heterocycles. The van der Waals surface area contributed by atoms with Gasteiger partial charge in [-0.25, -0.2) is 0 Å². The van der Waals surface area contributed by atoms with Crippen LogP contribution in [0.1, 0.15) is 24.2 Å². The molecule has 0 spiro atoms. The summed E-state index contributed by atoms with van der Waals surface area (Å²) < 4.78 is 0. The number of halogens is 1. The van der Waals surface area contributed by atoms with Gasteiger partial charge in [0.1, 0.15) is 0 Å². The first-order valence-corrected chi connectivity index (χ1v) is 5.54. The van der Waals surface area contributed by atoms with Crippen molar-refractivity contribution in [2.45, 2.75) is 19.5 Å². The van der Waals surface area contributed by atoms with E-state index >= 15 is 0 Å². The van der Waals surface area contributed by atoms with Crippen LogP contribution in [-0.4, -0.2) is 4.98 Å². The largest absolute Gasteiger partial charge is 0.305 e. The second-order valence-corrected chi connectivity index (χ2v) is 3.83. The maximum absolute atomic E-state index is 4.28. The second kappa shape index (κ2) is 7.05. The van der Waals surface area contributed by atoms with Gasteiger partial charge in [-0.1, -0.05) is 36.4 Å². The van der Waals surface area contributed by atoms with Gasteiger partial charge in [0, 0.05) is 18.8 Å². The van der Waals surface area contributed by atoms with E-state index in [1.165, 1.54) is 5.56 Å². The molecule has 0 fully saturated rings. The molecule has 1 aromatic carbocycles. The first-order valence-electron chi connectivity index (χ1n) is 5.54. The van der Waals surface area contributed by atoms with E-state index in [1.54, 1.807) is 0 Å². The zero-order valence-corrected chi connectivity index (χ0v) is 10.7. The Kier molecular flexibility index (Phi) is 5.67. The highest BCUT2D eigenvalue weighted by atomic mass is 35.5. The lowest BCUT2D eigenvalue weighted by atomic mass is 10.1. The molecule has 0 bridgehead atoms. The van der Waals surface area contributed by atoms with Crippen molar-refractivity contribution in [1.82, 2.24) is 10.3 Å². The standard InChI is InChI=1S/C14H16N2.ClH/c1-12(13-7-3-2-4-8-13)16-11-14-9-5-6-10-15-14;/h2-10,12,16H,11H2,1H3;1H/t12-;/m1./s1. The van der Waals surface area contributed by atoms with E-state index in [0.717, 1.165) is 12.2 Å². The molecule has 90 valence electrons. The van der Waals surface area contributed by atoms with Crippen LogP contribution >= 0.6 is 12.4 Å². The topological polar surface area (TPSA) is 24.9 Å². The summed E-state index contributed by atoms with van der Waals surface area (Å²) in [5.41, 5.74) is 2.38. The SMILES string of the molecule is C[C@@H](NCc1ccccn1)c1ccccc1.Cl. The monoisotopic (exact) mass is 248 g/mol. The van der Waals surface area contributed by atoms with Gasteiger partial charge in [-0.15, -0.1) is 12.4 Å². The van der Waals surface area contributed by atoms with Gasteiger partial charge < -0.3 is 5.32 Å². The van der Waals surface area contributed by atoms with Crippen molar-refractivity contribution in [2.75, 3.05) is 0 Å². The van der Waals surface area contributed by atoms with Crippen LogP contribution in [0.5, 0.6) is 0 Å². The number of hydrogen-bond acceptors (Lipinski definition) is 2. The molecule has 3 heteroatoms. The highest BCUT2D eigenvalue weighted by molar-refractivity contribution is 5.85. The molecule has 0 aliphatic rings. The molecule has 0 amide bonds. The predicted octanol–water partition coefficient (Wildman–Crippen LogP) is 3.35. The molecule has 1 atom stereocenters. The molecule has 0 unspecified atom stereocenters. The molecule has 0 saturated carbocycles. The third-order valence-electron chi connectivity index (χ3n) is 2.62. The van der Waals surface area contributed by atoms with Crippen LogP contribution in [0.3, 0.4) is 0 Å². The fraction of sp³-hybridized carbons (Fsp3) is 0.214. The molecular weight excluding hydrogens is 232 g/mol. The van der Waals surface area contributed by atoms with Gasteiger partial charge in [0.15, 0.2) is 0 Å². The van der Waals surface area contributed by atoms with Gasteiger partial charge in [0.05, 0.1) is 5.69 Å². The fourth-order valence-electron chi connectivity index (χ4n) is 1.62. The van der Waals surface area contributed by atoms with Crippen LogP contribution in [0.25, 0.3) is 0 Å². The van der Waals surface area contributed by atoms with Crippen molar-refractivity contribution in [1.29, 1.82) is 0 Å². The molecular formula is C14H17ClN2. The van der Waals surface area contributed by atoms with E-state index in [1.807, 2.05) is 30.5 Å². The lowest BCUT2D eigenvalue weighted by Gasteiger charge is -2.13. The van der Waals surface area contributed by atoms with Crippen LogP contribution in [0, 0.1) is 0 Å². The molecule has 0 aliphatic heterocycles. The smallest absolute Gasteiger partial charge is 0.0541 e. The third kappa shape index (κ3) is 4.17. The first kappa shape index (κ1) is 13.7. The van der Waals surface area contributed by atoms with Crippen molar-refractivity contribution in [3.8, 4) is 0 Å². The van der Waals surface area contributed by atoms with Crippen molar-refractivity contribution >= 4 is 12.4 Å². The Morgan fingerprint density at radius 1 is 1.06 bits per heavy atom. The number of hydrogen-bond donors (Lipinski definition) is 1. The summed E-state index contributed by atoms with van der Waals surface area (Å²) in [4.78, 5) is 4.28. The van der Waals surface area contributed by atoms with Gasteiger partial charge in [-0.3, -0.25) is 4.98 Å². The van der Waals surface area contributed by atoms with E-state index in [-0.39, 0.29) is 12.4 Å². The van der Waals surface area contributed by atoms with E-state index in [9.17, 15) is 0 Å². The zero-order valence-electron chi connectivity index (χ0n) is 9.84. The van der Waals surface area contributed by atoms with Crippen LogP contribution in [-0.2, 0) is 6.54 Å². The van der Waals surface area contributed by atoms with E-state index < -0.39 is 0 Å². The van der Waals surface area contributed by atoms with Crippen molar-refractivity contribution in [3.63, 3.8) is 0 Å². The lowest BCUT2D eigenvalue weighted by molar-refractivity contribution is 0.568. The van der Waals surface area contributed by atoms with Gasteiger partial charge in [0.2, 0.25) is 0 Å². The average molecular weight is 249 g/mol. The van der Waals surface area contributed by atoms with Crippen LogP contribution < -0.4 is 5.32 Å². The van der Waals surface area contributed by atoms with Crippen molar-refractivity contribution in [3.05, 3.63) is 66.0 Å². The zero-order chi connectivity index (χ0) is 11.2. The summed E-state index contributed by atoms with van der Waals surface area (Å²) in [6.45, 7) is 2.97. The highest BCUT2D eigenvalue weighted by Crippen LogP contribution is 2.11. The first-order chi connectivity index (χ1) is 7.86. The van der Waals surface area contributed by atoms with E-state index in [2.05, 4.69) is 41.5 Å². The normalized spacial score (nSPS) is 11.6. The summed E-state index contributed by atoms with van der Waals surface area (Å²) in [7, 11) is 0. The molecule has 1 N–H and O–H groups in total. The number of nitrogens with zero attached hydrogens (tertiary/aromatic N) is 1. The number of nitrogens with one attached hydrogen (secondary N) is 1. The van der Waals surface area contributed by atoms with Gasteiger partial charge in [-0.05, 0) is 24.6 Å². The highest BCUT2D eigenvalue weighted by Gasteiger charge is 2.03. The molecule has 1 heterocycles. The molecule has 2 nitrogen and oxygen atoms in total. The van der Waals surface area contributed by atoms with Crippen LogP contribution in [0.4, 0.5) is 0 Å². The van der Waals surface area contributed by atoms with E-state index in [0.29, 0.717) is 6.04 Å². The third-order valence-corrected chi connectivity index (χ3v) is 2.62. The van der Waals surface area contributed by atoms with Crippen molar-refractivity contribution in [2.24, 2.45) is 0 Å². The average Bonchev–Trinajstić information content (AvgIpc) is 2.38. The molecule has 2 rings (SSSR count). The molecule has 2 aromatic rings. The number of benzene rings is 1. The maximum atomic E-state index is 4.28. The fourth-order valence-corrected chi connectivity index (χ4v) is 1.62. The van der Waals surface area contributed by atoms with Gasteiger partial charge >= 0.3 is 0 Å². The number of aromatic nitrogens is 1. The molecule has 0 radical (unpaired) electrons. The minimum atomic E-state index is 0. The molecule has 0 aliphatic carbocycles. The van der Waals surface area contributed by atoms with Crippen LogP contribution in [0.15, 0.2) is 54.7 Å². The van der Waals surface area contributed by atoms with Crippen LogP contribution in [0.2, 0.25) is 0 Å². The Bertz CT molecular complexity index is 417. The number of pyridine rings is 1. The summed E-state index contributed by atoms with van der Waals surface area (Å²) in [5, 5.41) is 3.45. The Morgan fingerprint density at radius 3 is 2.41 bits per heavy atom. The summed E-state index contributed by atoms with van der Waals surface area (Å²) in [6.07, 6.45) is 1.82. The maximum Gasteiger partial charge on any atom is 0.0541 e. The molecule has 17 heavy (non-hydrogen) atoms. The Balaban J connectivity index is 0.00000144. The quantitative estimate of drug-likeness (QED) is 0.898. The second-order valence-electron chi connectivity index (χ2n) is 3.83. The number of rotatable bonds is 4. The summed E-state index contributed by atoms with van der Waals surface area (Å²) >= 11 is 0. The summed E-state index contributed by atoms with van der Waals surface area (Å²) in [6, 6.07) is 16.8. The van der Waals surface area contributed by atoms with Gasteiger partial charge in [-0.2, -0.15) is 0 Å². The Morgan fingerprint density at radius 2 is 1.76 bits per heavy atom. The van der Waals surface area contributed by atoms with E-state index in [4.69, 9.17) is 0 Å². The predicted molar refractivity (Wildman–Crippen MR) is 73.2 cm³/mol.